The molecular weight excluding hydrogens is 536 g/mol. The van der Waals surface area contributed by atoms with Gasteiger partial charge < -0.3 is 44.9 Å². The van der Waals surface area contributed by atoms with Gasteiger partial charge in [-0.1, -0.05) is 12.1 Å². The molecule has 11 heteroatoms. The van der Waals surface area contributed by atoms with Gasteiger partial charge in [-0.3, -0.25) is 9.59 Å². The van der Waals surface area contributed by atoms with Crippen LogP contribution in [0.2, 0.25) is 0 Å². The summed E-state index contributed by atoms with van der Waals surface area (Å²) < 4.78 is 10.4. The van der Waals surface area contributed by atoms with E-state index in [-0.39, 0.29) is 63.1 Å². The highest BCUT2D eigenvalue weighted by Crippen LogP contribution is 2.37. The average Bonchev–Trinajstić information content (AvgIpc) is 2.92. The first kappa shape index (κ1) is 28.2. The molecule has 210 valence electrons. The SMILES string of the molecule is COc1ccc(CC(=O)c2ccc(O)cc2O)cc1.O=c1c(O)c(-c2ccc(O)c(O)c2)oc2cc(O)cc(O)c12. The van der Waals surface area contributed by atoms with E-state index >= 15 is 0 Å². The third kappa shape index (κ3) is 6.09. The third-order valence-corrected chi connectivity index (χ3v) is 5.98. The zero-order valence-electron chi connectivity index (χ0n) is 21.4. The van der Waals surface area contributed by atoms with Crippen LogP contribution in [0.15, 0.2) is 82.0 Å². The summed E-state index contributed by atoms with van der Waals surface area (Å²) in [5, 5.41) is 66.4. The van der Waals surface area contributed by atoms with Crippen molar-refractivity contribution in [2.75, 3.05) is 7.11 Å². The minimum absolute atomic E-state index is 0.0708. The van der Waals surface area contributed by atoms with Crippen LogP contribution in [0, 0.1) is 0 Å². The summed E-state index contributed by atoms with van der Waals surface area (Å²) in [5.41, 5.74) is 0.144. The lowest BCUT2D eigenvalue weighted by molar-refractivity contribution is 0.0990. The van der Waals surface area contributed by atoms with E-state index in [1.165, 1.54) is 18.2 Å². The van der Waals surface area contributed by atoms with Crippen LogP contribution in [0.4, 0.5) is 0 Å². The Morgan fingerprint density at radius 1 is 0.732 bits per heavy atom. The Balaban J connectivity index is 0.000000191. The van der Waals surface area contributed by atoms with E-state index in [2.05, 4.69) is 0 Å². The van der Waals surface area contributed by atoms with E-state index in [1.807, 2.05) is 0 Å². The molecular formula is C30H24O11. The number of phenols is 6. The number of hydrogen-bond donors (Lipinski definition) is 7. The number of Topliss-reactive ketones (excluding diaryl/α,β-unsaturated/α-hetero) is 1. The summed E-state index contributed by atoms with van der Waals surface area (Å²) in [7, 11) is 1.58. The van der Waals surface area contributed by atoms with Crippen LogP contribution in [0.5, 0.6) is 46.0 Å². The fourth-order valence-corrected chi connectivity index (χ4v) is 3.92. The molecule has 5 aromatic rings. The van der Waals surface area contributed by atoms with Crippen LogP contribution in [0.3, 0.4) is 0 Å². The third-order valence-electron chi connectivity index (χ3n) is 5.98. The quantitative estimate of drug-likeness (QED) is 0.118. The largest absolute Gasteiger partial charge is 0.508 e. The maximum absolute atomic E-state index is 12.1. The second-order valence-corrected chi connectivity index (χ2v) is 8.80. The zero-order chi connectivity index (χ0) is 29.8. The van der Waals surface area contributed by atoms with E-state index < -0.39 is 22.7 Å². The van der Waals surface area contributed by atoms with Gasteiger partial charge in [0.25, 0.3) is 0 Å². The summed E-state index contributed by atoms with van der Waals surface area (Å²) in [6, 6.07) is 16.7. The molecule has 41 heavy (non-hydrogen) atoms. The normalized spacial score (nSPS) is 10.6. The van der Waals surface area contributed by atoms with E-state index in [0.717, 1.165) is 41.6 Å². The highest BCUT2D eigenvalue weighted by Gasteiger charge is 2.19. The van der Waals surface area contributed by atoms with Crippen LogP contribution < -0.4 is 10.2 Å². The summed E-state index contributed by atoms with van der Waals surface area (Å²) in [6.45, 7) is 0. The number of carbonyl (C=O) groups is 1. The minimum atomic E-state index is -0.888. The predicted octanol–water partition coefficient (Wildman–Crippen LogP) is 4.52. The van der Waals surface area contributed by atoms with Gasteiger partial charge in [-0.15, -0.1) is 0 Å². The number of phenolic OH excluding ortho intramolecular Hbond substituents is 6. The molecule has 0 aliphatic heterocycles. The minimum Gasteiger partial charge on any atom is -0.508 e. The van der Waals surface area contributed by atoms with Crippen molar-refractivity contribution in [2.45, 2.75) is 6.42 Å². The maximum Gasteiger partial charge on any atom is 0.238 e. The molecule has 7 N–H and O–H groups in total. The van der Waals surface area contributed by atoms with Crippen molar-refractivity contribution in [3.8, 4) is 57.3 Å². The Labute approximate surface area is 231 Å². The zero-order valence-corrected chi connectivity index (χ0v) is 21.4. The van der Waals surface area contributed by atoms with E-state index in [1.54, 1.807) is 31.4 Å². The summed E-state index contributed by atoms with van der Waals surface area (Å²) in [5.74, 6) is -2.47. The molecule has 0 saturated heterocycles. The van der Waals surface area contributed by atoms with Crippen LogP contribution in [-0.2, 0) is 6.42 Å². The maximum atomic E-state index is 12.1. The molecule has 1 heterocycles. The van der Waals surface area contributed by atoms with E-state index in [0.29, 0.717) is 0 Å². The van der Waals surface area contributed by atoms with Gasteiger partial charge >= 0.3 is 0 Å². The molecule has 0 fully saturated rings. The van der Waals surface area contributed by atoms with Gasteiger partial charge in [0, 0.05) is 30.2 Å². The van der Waals surface area contributed by atoms with Crippen molar-refractivity contribution in [2.24, 2.45) is 0 Å². The Hall–Kier alpha value is -5.84. The van der Waals surface area contributed by atoms with E-state index in [9.17, 15) is 45.3 Å². The lowest BCUT2D eigenvalue weighted by atomic mass is 10.0. The van der Waals surface area contributed by atoms with Crippen molar-refractivity contribution in [1.29, 1.82) is 0 Å². The number of methoxy groups -OCH3 is 1. The molecule has 0 unspecified atom stereocenters. The summed E-state index contributed by atoms with van der Waals surface area (Å²) >= 11 is 0. The second kappa shape index (κ2) is 11.5. The van der Waals surface area contributed by atoms with Crippen molar-refractivity contribution < 1.29 is 49.7 Å². The van der Waals surface area contributed by atoms with Gasteiger partial charge in [0.15, 0.2) is 23.0 Å². The molecule has 11 nitrogen and oxygen atoms in total. The molecule has 1 aromatic heterocycles. The smallest absolute Gasteiger partial charge is 0.238 e. The van der Waals surface area contributed by atoms with Crippen molar-refractivity contribution >= 4 is 16.8 Å². The number of benzene rings is 4. The topological polar surface area (TPSA) is 198 Å². The monoisotopic (exact) mass is 560 g/mol. The second-order valence-electron chi connectivity index (χ2n) is 8.80. The number of hydrogen-bond acceptors (Lipinski definition) is 11. The first-order chi connectivity index (χ1) is 19.5. The number of rotatable bonds is 5. The molecule has 0 amide bonds. The molecule has 0 aliphatic rings. The predicted molar refractivity (Wildman–Crippen MR) is 147 cm³/mol. The van der Waals surface area contributed by atoms with Crippen LogP contribution in [0.25, 0.3) is 22.3 Å². The van der Waals surface area contributed by atoms with Crippen LogP contribution in [-0.4, -0.2) is 48.6 Å². The fraction of sp³-hybridized carbons (Fsp3) is 0.0667. The van der Waals surface area contributed by atoms with Gasteiger partial charge in [0.2, 0.25) is 11.2 Å². The summed E-state index contributed by atoms with van der Waals surface area (Å²) in [6.07, 6.45) is 0.183. The molecule has 0 bridgehead atoms. The van der Waals surface area contributed by atoms with Gasteiger partial charge in [0.05, 0.1) is 12.7 Å². The molecule has 5 rings (SSSR count). The highest BCUT2D eigenvalue weighted by molar-refractivity contribution is 6.00. The lowest BCUT2D eigenvalue weighted by Gasteiger charge is -2.08. The van der Waals surface area contributed by atoms with Crippen LogP contribution >= 0.6 is 0 Å². The number of ketones is 1. The highest BCUT2D eigenvalue weighted by atomic mass is 16.5. The standard InChI is InChI=1S/C15H10O7.C15H14O4/c16-7-4-10(19)12-11(5-7)22-15(14(21)13(12)20)6-1-2-8(17)9(18)3-6;1-19-12-5-2-10(3-6-12)8-14(17)13-7-4-11(16)9-15(13)18/h1-5,16-19,21H;2-7,9,16,18H,8H2,1H3. The first-order valence-electron chi connectivity index (χ1n) is 11.9. The number of carbonyl (C=O) groups excluding carboxylic acids is 1. The molecule has 0 aliphatic carbocycles. The number of fused-ring (bicyclic) bond motifs is 1. The lowest BCUT2D eigenvalue weighted by Crippen LogP contribution is -2.03. The van der Waals surface area contributed by atoms with Crippen molar-refractivity contribution in [3.05, 3.63) is 94.1 Å². The Kier molecular flexibility index (Phi) is 7.90. The first-order valence-corrected chi connectivity index (χ1v) is 11.9. The van der Waals surface area contributed by atoms with Gasteiger partial charge in [-0.2, -0.15) is 0 Å². The Bertz CT molecular complexity index is 1810. The molecule has 0 atom stereocenters. The molecule has 0 saturated carbocycles. The molecule has 4 aromatic carbocycles. The Morgan fingerprint density at radius 3 is 2.05 bits per heavy atom. The number of aromatic hydroxyl groups is 7. The van der Waals surface area contributed by atoms with Crippen molar-refractivity contribution in [1.82, 2.24) is 0 Å². The average molecular weight is 561 g/mol. The molecule has 0 spiro atoms. The van der Waals surface area contributed by atoms with Gasteiger partial charge in [-0.25, -0.2) is 0 Å². The van der Waals surface area contributed by atoms with E-state index in [4.69, 9.17) is 9.15 Å². The number of ether oxygens (including phenoxy) is 1. The van der Waals surface area contributed by atoms with Crippen LogP contribution in [0.1, 0.15) is 15.9 Å². The van der Waals surface area contributed by atoms with Crippen molar-refractivity contribution in [3.63, 3.8) is 0 Å². The Morgan fingerprint density at radius 2 is 1.41 bits per heavy atom. The van der Waals surface area contributed by atoms with Gasteiger partial charge in [0.1, 0.15) is 39.7 Å². The fourth-order valence-electron chi connectivity index (χ4n) is 3.92. The van der Waals surface area contributed by atoms with Gasteiger partial charge in [-0.05, 0) is 48.0 Å². The molecule has 0 radical (unpaired) electrons. The summed E-state index contributed by atoms with van der Waals surface area (Å²) in [4.78, 5) is 24.2.